The van der Waals surface area contributed by atoms with Gasteiger partial charge in [0.15, 0.2) is 0 Å². The van der Waals surface area contributed by atoms with Gasteiger partial charge in [-0.15, -0.1) is 0 Å². The fraction of sp³-hybridized carbons (Fsp3) is 0.429. The molecule has 1 atom stereocenters. The predicted octanol–water partition coefficient (Wildman–Crippen LogP) is 1.35. The number of aryl methyl sites for hydroxylation is 1. The summed E-state index contributed by atoms with van der Waals surface area (Å²) in [6.07, 6.45) is 0.831. The molecular formula is C14H18N2O2. The highest BCUT2D eigenvalue weighted by molar-refractivity contribution is 5.94. The molecule has 96 valence electrons. The molecule has 0 bridgehead atoms. The van der Waals surface area contributed by atoms with Crippen LogP contribution in [0.2, 0.25) is 0 Å². The molecule has 0 spiro atoms. The number of hydrogen-bond donors (Lipinski definition) is 1. The van der Waals surface area contributed by atoms with Gasteiger partial charge < -0.3 is 10.2 Å². The summed E-state index contributed by atoms with van der Waals surface area (Å²) in [7, 11) is 0. The topological polar surface area (TPSA) is 49.4 Å². The van der Waals surface area contributed by atoms with E-state index in [0.29, 0.717) is 18.7 Å². The molecule has 18 heavy (non-hydrogen) atoms. The maximum absolute atomic E-state index is 12.2. The summed E-state index contributed by atoms with van der Waals surface area (Å²) in [4.78, 5) is 25.0. The van der Waals surface area contributed by atoms with E-state index < -0.39 is 0 Å². The molecule has 0 saturated carbocycles. The molecule has 4 nitrogen and oxygen atoms in total. The first kappa shape index (κ1) is 12.6. The highest BCUT2D eigenvalue weighted by atomic mass is 16.2. The van der Waals surface area contributed by atoms with Crippen molar-refractivity contribution in [1.82, 2.24) is 10.2 Å². The van der Waals surface area contributed by atoms with Gasteiger partial charge in [-0.2, -0.15) is 0 Å². The molecule has 2 amide bonds. The number of nitrogens with one attached hydrogen (secondary N) is 1. The van der Waals surface area contributed by atoms with Gasteiger partial charge in [0.25, 0.3) is 5.91 Å². The van der Waals surface area contributed by atoms with Crippen molar-refractivity contribution in [1.29, 1.82) is 0 Å². The summed E-state index contributed by atoms with van der Waals surface area (Å²) >= 11 is 0. The van der Waals surface area contributed by atoms with E-state index in [1.165, 1.54) is 6.92 Å². The lowest BCUT2D eigenvalue weighted by Gasteiger charge is -2.17. The van der Waals surface area contributed by atoms with Crippen molar-refractivity contribution < 1.29 is 9.59 Å². The van der Waals surface area contributed by atoms with Gasteiger partial charge in [-0.05, 0) is 25.5 Å². The van der Waals surface area contributed by atoms with Crippen LogP contribution in [0.4, 0.5) is 0 Å². The van der Waals surface area contributed by atoms with Crippen LogP contribution in [0.5, 0.6) is 0 Å². The summed E-state index contributed by atoms with van der Waals surface area (Å²) in [6.45, 7) is 4.81. The molecule has 1 aliphatic heterocycles. The van der Waals surface area contributed by atoms with E-state index in [4.69, 9.17) is 0 Å². The molecule has 0 aromatic heterocycles. The van der Waals surface area contributed by atoms with Crippen molar-refractivity contribution in [2.45, 2.75) is 26.3 Å². The third kappa shape index (κ3) is 2.88. The van der Waals surface area contributed by atoms with Crippen LogP contribution in [0.25, 0.3) is 0 Å². The molecule has 1 aromatic rings. The molecule has 2 rings (SSSR count). The Kier molecular flexibility index (Phi) is 3.65. The number of benzene rings is 1. The van der Waals surface area contributed by atoms with Gasteiger partial charge in [0.1, 0.15) is 0 Å². The van der Waals surface area contributed by atoms with Crippen molar-refractivity contribution in [3.8, 4) is 0 Å². The fourth-order valence-corrected chi connectivity index (χ4v) is 2.23. The third-order valence-electron chi connectivity index (χ3n) is 3.18. The minimum atomic E-state index is -0.0374. The summed E-state index contributed by atoms with van der Waals surface area (Å²) in [6, 6.07) is 7.67. The molecular weight excluding hydrogens is 228 g/mol. The molecule has 1 aromatic carbocycles. The Morgan fingerprint density at radius 2 is 1.94 bits per heavy atom. The monoisotopic (exact) mass is 246 g/mol. The maximum Gasteiger partial charge on any atom is 0.253 e. The Balaban J connectivity index is 1.99. The van der Waals surface area contributed by atoms with Crippen molar-refractivity contribution in [2.24, 2.45) is 0 Å². The Bertz CT molecular complexity index is 453. The average Bonchev–Trinajstić information content (AvgIpc) is 2.76. The number of carbonyl (C=O) groups excluding carboxylic acids is 2. The molecule has 1 heterocycles. The first-order chi connectivity index (χ1) is 8.56. The maximum atomic E-state index is 12.2. The van der Waals surface area contributed by atoms with Crippen molar-refractivity contribution in [3.05, 3.63) is 35.4 Å². The number of nitrogens with zero attached hydrogens (tertiary/aromatic N) is 1. The largest absolute Gasteiger partial charge is 0.352 e. The summed E-state index contributed by atoms with van der Waals surface area (Å²) < 4.78 is 0. The Hall–Kier alpha value is -1.84. The van der Waals surface area contributed by atoms with Gasteiger partial charge in [-0.25, -0.2) is 0 Å². The number of carbonyl (C=O) groups is 2. The normalized spacial score (nSPS) is 18.8. The van der Waals surface area contributed by atoms with Crippen LogP contribution in [-0.4, -0.2) is 35.8 Å². The second-order valence-electron chi connectivity index (χ2n) is 4.80. The van der Waals surface area contributed by atoms with Gasteiger partial charge in [0, 0.05) is 31.6 Å². The smallest absolute Gasteiger partial charge is 0.253 e. The molecule has 0 aliphatic carbocycles. The van der Waals surface area contributed by atoms with Crippen LogP contribution in [0.15, 0.2) is 24.3 Å². The quantitative estimate of drug-likeness (QED) is 0.856. The zero-order chi connectivity index (χ0) is 13.1. The Morgan fingerprint density at radius 1 is 1.28 bits per heavy atom. The van der Waals surface area contributed by atoms with E-state index in [-0.39, 0.29) is 17.9 Å². The highest BCUT2D eigenvalue weighted by Gasteiger charge is 2.27. The van der Waals surface area contributed by atoms with Crippen LogP contribution in [0.3, 0.4) is 0 Å². The molecule has 1 aliphatic rings. The third-order valence-corrected chi connectivity index (χ3v) is 3.18. The van der Waals surface area contributed by atoms with Gasteiger partial charge in [-0.3, -0.25) is 9.59 Å². The SMILES string of the molecule is CC(=O)NC1CCN(C(=O)c2ccc(C)cc2)C1. The van der Waals surface area contributed by atoms with E-state index >= 15 is 0 Å². The lowest BCUT2D eigenvalue weighted by atomic mass is 10.1. The van der Waals surface area contributed by atoms with Gasteiger partial charge >= 0.3 is 0 Å². The summed E-state index contributed by atoms with van der Waals surface area (Å²) in [5, 5.41) is 2.85. The van der Waals surface area contributed by atoms with Crippen LogP contribution in [0, 0.1) is 6.92 Å². The van der Waals surface area contributed by atoms with E-state index in [0.717, 1.165) is 12.0 Å². The zero-order valence-electron chi connectivity index (χ0n) is 10.8. The molecule has 1 fully saturated rings. The average molecular weight is 246 g/mol. The summed E-state index contributed by atoms with van der Waals surface area (Å²) in [5.74, 6) is 0.00693. The van der Waals surface area contributed by atoms with Crippen LogP contribution >= 0.6 is 0 Å². The Morgan fingerprint density at radius 3 is 2.56 bits per heavy atom. The van der Waals surface area contributed by atoms with E-state index in [1.807, 2.05) is 31.2 Å². The Labute approximate surface area is 107 Å². The standard InChI is InChI=1S/C14H18N2O2/c1-10-3-5-12(6-4-10)14(18)16-8-7-13(9-16)15-11(2)17/h3-6,13H,7-9H2,1-2H3,(H,15,17). The first-order valence-electron chi connectivity index (χ1n) is 6.19. The van der Waals surface area contributed by atoms with Crippen molar-refractivity contribution in [3.63, 3.8) is 0 Å². The van der Waals surface area contributed by atoms with Crippen molar-refractivity contribution in [2.75, 3.05) is 13.1 Å². The second kappa shape index (κ2) is 5.21. The molecule has 1 N–H and O–H groups in total. The zero-order valence-corrected chi connectivity index (χ0v) is 10.8. The minimum absolute atomic E-state index is 0.0374. The van der Waals surface area contributed by atoms with Crippen LogP contribution in [0.1, 0.15) is 29.3 Å². The number of likely N-dealkylation sites (tertiary alicyclic amines) is 1. The van der Waals surface area contributed by atoms with E-state index in [1.54, 1.807) is 4.90 Å². The number of hydrogen-bond acceptors (Lipinski definition) is 2. The van der Waals surface area contributed by atoms with Gasteiger partial charge in [0.05, 0.1) is 0 Å². The van der Waals surface area contributed by atoms with E-state index in [2.05, 4.69) is 5.32 Å². The van der Waals surface area contributed by atoms with Gasteiger partial charge in [0.2, 0.25) is 5.91 Å². The second-order valence-corrected chi connectivity index (χ2v) is 4.80. The lowest BCUT2D eigenvalue weighted by Crippen LogP contribution is -2.37. The molecule has 4 heteroatoms. The first-order valence-corrected chi connectivity index (χ1v) is 6.19. The van der Waals surface area contributed by atoms with Crippen molar-refractivity contribution >= 4 is 11.8 Å². The minimum Gasteiger partial charge on any atom is -0.352 e. The molecule has 1 unspecified atom stereocenters. The number of rotatable bonds is 2. The van der Waals surface area contributed by atoms with Gasteiger partial charge in [-0.1, -0.05) is 17.7 Å². The fourth-order valence-electron chi connectivity index (χ4n) is 2.23. The molecule has 0 radical (unpaired) electrons. The number of amides is 2. The van der Waals surface area contributed by atoms with E-state index in [9.17, 15) is 9.59 Å². The molecule has 1 saturated heterocycles. The van der Waals surface area contributed by atoms with Crippen LogP contribution < -0.4 is 5.32 Å². The summed E-state index contributed by atoms with van der Waals surface area (Å²) in [5.41, 5.74) is 1.85. The predicted molar refractivity (Wildman–Crippen MR) is 69.3 cm³/mol. The lowest BCUT2D eigenvalue weighted by molar-refractivity contribution is -0.119. The highest BCUT2D eigenvalue weighted by Crippen LogP contribution is 2.14. The van der Waals surface area contributed by atoms with Crippen LogP contribution in [-0.2, 0) is 4.79 Å².